The summed E-state index contributed by atoms with van der Waals surface area (Å²) in [6, 6.07) is -1.97. The third-order valence-electron chi connectivity index (χ3n) is 2.20. The minimum atomic E-state index is -1.21. The van der Waals surface area contributed by atoms with Crippen LogP contribution in [-0.2, 0) is 14.4 Å². The van der Waals surface area contributed by atoms with E-state index in [-0.39, 0.29) is 0 Å². The lowest BCUT2D eigenvalue weighted by Gasteiger charge is -2.18. The van der Waals surface area contributed by atoms with Crippen LogP contribution in [0.25, 0.3) is 0 Å². The van der Waals surface area contributed by atoms with Crippen molar-refractivity contribution in [3.05, 3.63) is 0 Å². The molecule has 0 radical (unpaired) electrons. The van der Waals surface area contributed by atoms with Crippen molar-refractivity contribution in [1.82, 2.24) is 10.6 Å². The first-order chi connectivity index (χ1) is 8.92. The number of amides is 2. The average molecular weight is 293 g/mol. The van der Waals surface area contributed by atoms with Gasteiger partial charge in [-0.15, -0.1) is 0 Å². The summed E-state index contributed by atoms with van der Waals surface area (Å²) in [5, 5.41) is 21.7. The molecule has 2 atom stereocenters. The van der Waals surface area contributed by atoms with Crippen molar-refractivity contribution in [3.8, 4) is 0 Å². The number of aliphatic hydroxyl groups excluding tert-OH is 1. The molecular formula is C10H19N3O5S. The molecule has 8 nitrogen and oxygen atoms in total. The third kappa shape index (κ3) is 7.65. The second-order valence-electron chi connectivity index (χ2n) is 3.74. The summed E-state index contributed by atoms with van der Waals surface area (Å²) in [5.74, 6) is -1.84. The highest BCUT2D eigenvalue weighted by molar-refractivity contribution is 7.98. The molecule has 0 rings (SSSR count). The first kappa shape index (κ1) is 17.7. The van der Waals surface area contributed by atoms with Gasteiger partial charge in [0.1, 0.15) is 12.6 Å². The van der Waals surface area contributed by atoms with E-state index in [1.165, 1.54) is 11.8 Å². The predicted molar refractivity (Wildman–Crippen MR) is 70.6 cm³/mol. The van der Waals surface area contributed by atoms with Crippen molar-refractivity contribution in [2.75, 3.05) is 25.2 Å². The quantitative estimate of drug-likeness (QED) is 0.323. The number of hydrogen-bond acceptors (Lipinski definition) is 6. The Kier molecular flexibility index (Phi) is 8.92. The third-order valence-corrected chi connectivity index (χ3v) is 2.84. The minimum Gasteiger partial charge on any atom is -0.480 e. The molecule has 0 bridgehead atoms. The van der Waals surface area contributed by atoms with E-state index in [9.17, 15) is 14.4 Å². The van der Waals surface area contributed by atoms with Gasteiger partial charge in [0, 0.05) is 0 Å². The van der Waals surface area contributed by atoms with Crippen molar-refractivity contribution >= 4 is 29.5 Å². The van der Waals surface area contributed by atoms with Crippen LogP contribution in [0.2, 0.25) is 0 Å². The summed E-state index contributed by atoms with van der Waals surface area (Å²) >= 11 is 1.54. The van der Waals surface area contributed by atoms with Gasteiger partial charge in [-0.05, 0) is 18.4 Å². The van der Waals surface area contributed by atoms with E-state index in [1.807, 2.05) is 6.26 Å². The summed E-state index contributed by atoms with van der Waals surface area (Å²) in [6.07, 6.45) is 2.32. The molecule has 2 unspecified atom stereocenters. The smallest absolute Gasteiger partial charge is 0.322 e. The Morgan fingerprint density at radius 1 is 1.32 bits per heavy atom. The van der Waals surface area contributed by atoms with Gasteiger partial charge in [0.15, 0.2) is 0 Å². The number of carbonyl (C=O) groups excluding carboxylic acids is 2. The van der Waals surface area contributed by atoms with Crippen molar-refractivity contribution in [1.29, 1.82) is 0 Å². The highest BCUT2D eigenvalue weighted by atomic mass is 32.2. The molecule has 0 aliphatic rings. The van der Waals surface area contributed by atoms with Crippen LogP contribution >= 0.6 is 11.8 Å². The van der Waals surface area contributed by atoms with Crippen LogP contribution < -0.4 is 16.4 Å². The highest BCUT2D eigenvalue weighted by Crippen LogP contribution is 1.99. The Morgan fingerprint density at radius 2 is 1.95 bits per heavy atom. The van der Waals surface area contributed by atoms with Gasteiger partial charge in [0.2, 0.25) is 11.8 Å². The zero-order chi connectivity index (χ0) is 14.8. The highest BCUT2D eigenvalue weighted by Gasteiger charge is 2.23. The molecule has 0 aliphatic carbocycles. The number of aliphatic carboxylic acids is 1. The van der Waals surface area contributed by atoms with E-state index >= 15 is 0 Å². The van der Waals surface area contributed by atoms with E-state index < -0.39 is 43.0 Å². The first-order valence-electron chi connectivity index (χ1n) is 5.57. The minimum absolute atomic E-state index is 0.446. The van der Waals surface area contributed by atoms with Gasteiger partial charge >= 0.3 is 5.97 Å². The molecule has 0 saturated carbocycles. The Labute approximate surface area is 115 Å². The normalized spacial score (nSPS) is 13.4. The van der Waals surface area contributed by atoms with E-state index in [4.69, 9.17) is 15.9 Å². The molecule has 6 N–H and O–H groups in total. The number of hydrogen-bond donors (Lipinski definition) is 5. The SMILES string of the molecule is CSCCC(N)C(=O)NC(CO)C(=O)NCC(=O)O. The van der Waals surface area contributed by atoms with Gasteiger partial charge in [-0.1, -0.05) is 0 Å². The average Bonchev–Trinajstić information content (AvgIpc) is 2.38. The molecule has 19 heavy (non-hydrogen) atoms. The number of thioether (sulfide) groups is 1. The van der Waals surface area contributed by atoms with Gasteiger partial charge in [0.25, 0.3) is 0 Å². The number of nitrogens with one attached hydrogen (secondary N) is 2. The summed E-state index contributed by atoms with van der Waals surface area (Å²) < 4.78 is 0. The molecule has 0 saturated heterocycles. The van der Waals surface area contributed by atoms with Gasteiger partial charge in [0.05, 0.1) is 12.6 Å². The molecule has 0 fully saturated rings. The number of carboxylic acid groups (broad SMARTS) is 1. The molecule has 0 aromatic heterocycles. The summed E-state index contributed by atoms with van der Waals surface area (Å²) in [4.78, 5) is 33.3. The number of rotatable bonds is 9. The number of carboxylic acids is 1. The molecule has 0 aliphatic heterocycles. The molecule has 0 spiro atoms. The number of carbonyl (C=O) groups is 3. The van der Waals surface area contributed by atoms with E-state index in [1.54, 1.807) is 0 Å². The maximum atomic E-state index is 11.6. The van der Waals surface area contributed by atoms with E-state index in [0.29, 0.717) is 12.2 Å². The van der Waals surface area contributed by atoms with E-state index in [0.717, 1.165) is 0 Å². The van der Waals surface area contributed by atoms with Crippen LogP contribution in [0.4, 0.5) is 0 Å². The summed E-state index contributed by atoms with van der Waals surface area (Å²) in [5.41, 5.74) is 5.60. The van der Waals surface area contributed by atoms with Crippen LogP contribution in [0.15, 0.2) is 0 Å². The van der Waals surface area contributed by atoms with Gasteiger partial charge in [-0.2, -0.15) is 11.8 Å². The van der Waals surface area contributed by atoms with Crippen molar-refractivity contribution in [2.45, 2.75) is 18.5 Å². The predicted octanol–water partition coefficient (Wildman–Crippen LogP) is -2.26. The standard InChI is InChI=1S/C10H19N3O5S/c1-19-3-2-6(11)9(17)13-7(5-14)10(18)12-4-8(15)16/h6-7,14H,2-5,11H2,1H3,(H,12,18)(H,13,17)(H,15,16). The zero-order valence-corrected chi connectivity index (χ0v) is 11.4. The van der Waals surface area contributed by atoms with Gasteiger partial charge in [-0.3, -0.25) is 14.4 Å². The largest absolute Gasteiger partial charge is 0.480 e. The Balaban J connectivity index is 4.26. The van der Waals surface area contributed by atoms with Crippen LogP contribution in [0, 0.1) is 0 Å². The van der Waals surface area contributed by atoms with Crippen molar-refractivity contribution in [2.24, 2.45) is 5.73 Å². The first-order valence-corrected chi connectivity index (χ1v) is 6.97. The maximum Gasteiger partial charge on any atom is 0.322 e. The Hall–Kier alpha value is -1.32. The van der Waals surface area contributed by atoms with Crippen molar-refractivity contribution in [3.63, 3.8) is 0 Å². The molecule has 110 valence electrons. The summed E-state index contributed by atoms with van der Waals surface area (Å²) in [6.45, 7) is -1.21. The molecule has 0 heterocycles. The monoisotopic (exact) mass is 293 g/mol. The van der Waals surface area contributed by atoms with E-state index in [2.05, 4.69) is 10.6 Å². The fraction of sp³-hybridized carbons (Fsp3) is 0.700. The molecule has 0 aromatic carbocycles. The second kappa shape index (κ2) is 9.59. The van der Waals surface area contributed by atoms with Crippen molar-refractivity contribution < 1.29 is 24.6 Å². The lowest BCUT2D eigenvalue weighted by molar-refractivity contribution is -0.138. The zero-order valence-electron chi connectivity index (χ0n) is 10.6. The second-order valence-corrected chi connectivity index (χ2v) is 4.73. The van der Waals surface area contributed by atoms with Crippen LogP contribution in [0.3, 0.4) is 0 Å². The molecule has 9 heteroatoms. The lowest BCUT2D eigenvalue weighted by Crippen LogP contribution is -2.53. The molecular weight excluding hydrogens is 274 g/mol. The Bertz CT molecular complexity index is 326. The number of aliphatic hydroxyl groups is 1. The maximum absolute atomic E-state index is 11.6. The van der Waals surface area contributed by atoms with Crippen LogP contribution in [0.5, 0.6) is 0 Å². The fourth-order valence-electron chi connectivity index (χ4n) is 1.13. The molecule has 0 aromatic rings. The molecule has 2 amide bonds. The fourth-order valence-corrected chi connectivity index (χ4v) is 1.62. The summed E-state index contributed by atoms with van der Waals surface area (Å²) in [7, 11) is 0. The topological polar surface area (TPSA) is 142 Å². The lowest BCUT2D eigenvalue weighted by atomic mass is 10.2. The Morgan fingerprint density at radius 3 is 2.42 bits per heavy atom. The van der Waals surface area contributed by atoms with Crippen LogP contribution in [0.1, 0.15) is 6.42 Å². The number of nitrogens with two attached hydrogens (primary N) is 1. The van der Waals surface area contributed by atoms with Gasteiger partial charge in [-0.25, -0.2) is 0 Å². The van der Waals surface area contributed by atoms with Gasteiger partial charge < -0.3 is 26.6 Å². The van der Waals surface area contributed by atoms with Crippen LogP contribution in [-0.4, -0.2) is 65.2 Å².